The minimum atomic E-state index is -0.0321. The Balaban J connectivity index is 3.22. The number of hydrogen-bond donors (Lipinski definition) is 1. The summed E-state index contributed by atoms with van der Waals surface area (Å²) in [6.07, 6.45) is 0. The standard InChI is InChI=1S/C15H27N3S/c1-9(2)11(4)19-13-10(3)12(16-8)17-14(18-13)15(5,6)7/h9,11H,1-8H3,(H,16,17,18). The SMILES string of the molecule is CNc1nc(C(C)(C)C)nc(SC(C)C(C)C)c1C. The zero-order valence-corrected chi connectivity index (χ0v) is 14.3. The highest BCUT2D eigenvalue weighted by Crippen LogP contribution is 2.33. The second-order valence-electron chi connectivity index (χ2n) is 6.39. The van der Waals surface area contributed by atoms with Crippen LogP contribution in [0.3, 0.4) is 0 Å². The second-order valence-corrected chi connectivity index (χ2v) is 7.76. The van der Waals surface area contributed by atoms with Crippen molar-refractivity contribution in [2.24, 2.45) is 5.92 Å². The highest BCUT2D eigenvalue weighted by Gasteiger charge is 2.22. The zero-order chi connectivity index (χ0) is 14.8. The van der Waals surface area contributed by atoms with E-state index in [1.54, 1.807) is 0 Å². The van der Waals surface area contributed by atoms with Crippen molar-refractivity contribution < 1.29 is 0 Å². The fraction of sp³-hybridized carbons (Fsp3) is 0.733. The van der Waals surface area contributed by atoms with E-state index in [4.69, 9.17) is 4.98 Å². The molecular formula is C15H27N3S. The van der Waals surface area contributed by atoms with Gasteiger partial charge in [-0.1, -0.05) is 41.5 Å². The van der Waals surface area contributed by atoms with Crippen molar-refractivity contribution in [3.8, 4) is 0 Å². The number of nitrogens with one attached hydrogen (secondary N) is 1. The molecule has 1 aromatic rings. The molecule has 0 saturated heterocycles. The van der Waals surface area contributed by atoms with Gasteiger partial charge in [-0.15, -0.1) is 11.8 Å². The smallest absolute Gasteiger partial charge is 0.137 e. The van der Waals surface area contributed by atoms with Gasteiger partial charge in [0.2, 0.25) is 0 Å². The van der Waals surface area contributed by atoms with E-state index in [2.05, 4.69) is 58.8 Å². The van der Waals surface area contributed by atoms with E-state index < -0.39 is 0 Å². The summed E-state index contributed by atoms with van der Waals surface area (Å²) in [6, 6.07) is 0. The van der Waals surface area contributed by atoms with Crippen molar-refractivity contribution in [2.75, 3.05) is 12.4 Å². The first-order valence-electron chi connectivity index (χ1n) is 6.90. The fourth-order valence-corrected chi connectivity index (χ4v) is 2.54. The summed E-state index contributed by atoms with van der Waals surface area (Å²) in [5, 5.41) is 4.84. The molecule has 0 aliphatic rings. The van der Waals surface area contributed by atoms with Crippen LogP contribution in [-0.4, -0.2) is 22.3 Å². The largest absolute Gasteiger partial charge is 0.373 e. The van der Waals surface area contributed by atoms with Crippen LogP contribution in [0, 0.1) is 12.8 Å². The summed E-state index contributed by atoms with van der Waals surface area (Å²) < 4.78 is 0. The molecule has 1 aromatic heterocycles. The second kappa shape index (κ2) is 6.12. The van der Waals surface area contributed by atoms with Crippen LogP contribution in [0.4, 0.5) is 5.82 Å². The van der Waals surface area contributed by atoms with Crippen LogP contribution < -0.4 is 5.32 Å². The maximum Gasteiger partial charge on any atom is 0.137 e. The minimum absolute atomic E-state index is 0.0321. The molecule has 1 unspecified atom stereocenters. The summed E-state index contributed by atoms with van der Waals surface area (Å²) in [4.78, 5) is 9.43. The van der Waals surface area contributed by atoms with E-state index in [1.807, 2.05) is 18.8 Å². The van der Waals surface area contributed by atoms with Gasteiger partial charge in [0, 0.05) is 23.3 Å². The lowest BCUT2D eigenvalue weighted by atomic mass is 9.95. The number of anilines is 1. The zero-order valence-electron chi connectivity index (χ0n) is 13.5. The number of nitrogens with zero attached hydrogens (tertiary/aromatic N) is 2. The maximum absolute atomic E-state index is 4.79. The predicted molar refractivity (Wildman–Crippen MR) is 85.2 cm³/mol. The van der Waals surface area contributed by atoms with E-state index in [1.165, 1.54) is 0 Å². The number of hydrogen-bond acceptors (Lipinski definition) is 4. The molecule has 3 nitrogen and oxygen atoms in total. The molecule has 0 bridgehead atoms. The Morgan fingerprint density at radius 2 is 1.68 bits per heavy atom. The minimum Gasteiger partial charge on any atom is -0.373 e. The Morgan fingerprint density at radius 1 is 1.11 bits per heavy atom. The summed E-state index contributed by atoms with van der Waals surface area (Å²) in [5.41, 5.74) is 1.11. The van der Waals surface area contributed by atoms with Crippen molar-refractivity contribution in [1.29, 1.82) is 0 Å². The lowest BCUT2D eigenvalue weighted by molar-refractivity contribution is 0.538. The Labute approximate surface area is 122 Å². The average Bonchev–Trinajstić information content (AvgIpc) is 2.29. The average molecular weight is 281 g/mol. The van der Waals surface area contributed by atoms with Crippen LogP contribution in [0.25, 0.3) is 0 Å². The number of rotatable bonds is 4. The Hall–Kier alpha value is -0.770. The summed E-state index contributed by atoms with van der Waals surface area (Å²) in [6.45, 7) is 15.3. The molecule has 0 fully saturated rings. The van der Waals surface area contributed by atoms with Crippen molar-refractivity contribution in [3.63, 3.8) is 0 Å². The lowest BCUT2D eigenvalue weighted by Gasteiger charge is -2.22. The van der Waals surface area contributed by atoms with E-state index in [-0.39, 0.29) is 5.41 Å². The highest BCUT2D eigenvalue weighted by atomic mass is 32.2. The van der Waals surface area contributed by atoms with Gasteiger partial charge >= 0.3 is 0 Å². The van der Waals surface area contributed by atoms with Crippen molar-refractivity contribution in [3.05, 3.63) is 11.4 Å². The quantitative estimate of drug-likeness (QED) is 0.661. The Bertz CT molecular complexity index is 436. The van der Waals surface area contributed by atoms with Gasteiger partial charge in [-0.2, -0.15) is 0 Å². The molecular weight excluding hydrogens is 254 g/mol. The van der Waals surface area contributed by atoms with Crippen molar-refractivity contribution in [2.45, 2.75) is 64.2 Å². The molecule has 19 heavy (non-hydrogen) atoms. The van der Waals surface area contributed by atoms with Gasteiger partial charge in [0.25, 0.3) is 0 Å². The van der Waals surface area contributed by atoms with E-state index in [9.17, 15) is 0 Å². The monoisotopic (exact) mass is 281 g/mol. The molecule has 0 radical (unpaired) electrons. The third-order valence-corrected chi connectivity index (χ3v) is 4.78. The summed E-state index contributed by atoms with van der Waals surface area (Å²) in [7, 11) is 1.92. The number of thioether (sulfide) groups is 1. The first kappa shape index (κ1) is 16.3. The Kier molecular flexibility index (Phi) is 5.25. The molecule has 0 aliphatic carbocycles. The topological polar surface area (TPSA) is 37.8 Å². The Morgan fingerprint density at radius 3 is 2.11 bits per heavy atom. The van der Waals surface area contributed by atoms with Crippen LogP contribution in [0.1, 0.15) is 52.9 Å². The summed E-state index contributed by atoms with van der Waals surface area (Å²) >= 11 is 1.85. The molecule has 108 valence electrons. The van der Waals surface area contributed by atoms with Crippen LogP contribution in [0.2, 0.25) is 0 Å². The first-order chi connectivity index (χ1) is 8.66. The van der Waals surface area contributed by atoms with Crippen LogP contribution in [0.5, 0.6) is 0 Å². The molecule has 0 aromatic carbocycles. The maximum atomic E-state index is 4.79. The third-order valence-electron chi connectivity index (χ3n) is 3.25. The molecule has 1 rings (SSSR count). The van der Waals surface area contributed by atoms with Gasteiger partial charge in [0.05, 0.1) is 0 Å². The fourth-order valence-electron chi connectivity index (χ4n) is 1.50. The van der Waals surface area contributed by atoms with Gasteiger partial charge in [-0.25, -0.2) is 9.97 Å². The predicted octanol–water partition coefficient (Wildman–Crippen LogP) is 4.26. The molecule has 1 heterocycles. The van der Waals surface area contributed by atoms with E-state index in [0.29, 0.717) is 11.2 Å². The molecule has 0 amide bonds. The van der Waals surface area contributed by atoms with E-state index in [0.717, 1.165) is 22.2 Å². The first-order valence-corrected chi connectivity index (χ1v) is 7.78. The van der Waals surface area contributed by atoms with Gasteiger partial charge in [0.1, 0.15) is 16.7 Å². The van der Waals surface area contributed by atoms with Crippen LogP contribution >= 0.6 is 11.8 Å². The lowest BCUT2D eigenvalue weighted by Crippen LogP contribution is -2.19. The normalized spacial score (nSPS) is 13.7. The molecule has 0 spiro atoms. The van der Waals surface area contributed by atoms with Gasteiger partial charge in [0.15, 0.2) is 0 Å². The van der Waals surface area contributed by atoms with Gasteiger partial charge < -0.3 is 5.32 Å². The van der Waals surface area contributed by atoms with Crippen LogP contribution in [-0.2, 0) is 5.41 Å². The van der Waals surface area contributed by atoms with Crippen molar-refractivity contribution >= 4 is 17.6 Å². The molecule has 4 heteroatoms. The van der Waals surface area contributed by atoms with Gasteiger partial charge in [-0.3, -0.25) is 0 Å². The summed E-state index contributed by atoms with van der Waals surface area (Å²) in [5.74, 6) is 2.48. The number of aromatic nitrogens is 2. The third kappa shape index (κ3) is 4.10. The van der Waals surface area contributed by atoms with Crippen molar-refractivity contribution in [1.82, 2.24) is 9.97 Å². The van der Waals surface area contributed by atoms with Crippen LogP contribution in [0.15, 0.2) is 5.03 Å². The van der Waals surface area contributed by atoms with E-state index >= 15 is 0 Å². The molecule has 1 atom stereocenters. The highest BCUT2D eigenvalue weighted by molar-refractivity contribution is 7.99. The molecule has 0 aliphatic heterocycles. The molecule has 0 saturated carbocycles. The van der Waals surface area contributed by atoms with Gasteiger partial charge in [-0.05, 0) is 12.8 Å². The molecule has 1 N–H and O–H groups in total.